The van der Waals surface area contributed by atoms with Crippen LogP contribution < -0.4 is 10.5 Å². The minimum absolute atomic E-state index is 0.0759. The highest BCUT2D eigenvalue weighted by Gasteiger charge is 2.16. The Morgan fingerprint density at radius 1 is 0.903 bits per heavy atom. The molecule has 0 amide bonds. The molecular formula is C23H23NO7. The zero-order valence-electron chi connectivity index (χ0n) is 17.0. The molecule has 162 valence electrons. The normalized spacial score (nSPS) is 9.87. The third-order valence-electron chi connectivity index (χ3n) is 3.97. The first-order valence-electron chi connectivity index (χ1n) is 9.28. The molecule has 0 aromatic heterocycles. The Bertz CT molecular complexity index is 1040. The highest BCUT2D eigenvalue weighted by molar-refractivity contribution is 5.95. The van der Waals surface area contributed by atoms with E-state index in [0.717, 1.165) is 6.07 Å². The number of para-hydroxylation sites is 1. The fourth-order valence-electron chi connectivity index (χ4n) is 2.59. The predicted octanol–water partition coefficient (Wildman–Crippen LogP) is 3.78. The van der Waals surface area contributed by atoms with Crippen molar-refractivity contribution < 1.29 is 34.4 Å². The van der Waals surface area contributed by atoms with Crippen molar-refractivity contribution in [3.63, 3.8) is 0 Å². The summed E-state index contributed by atoms with van der Waals surface area (Å²) in [5.41, 5.74) is 6.53. The van der Waals surface area contributed by atoms with E-state index < -0.39 is 11.9 Å². The molecule has 5 N–H and O–H groups in total. The van der Waals surface area contributed by atoms with Crippen LogP contribution in [0.15, 0.2) is 60.7 Å². The van der Waals surface area contributed by atoms with Crippen LogP contribution in [-0.4, -0.2) is 33.9 Å². The molecule has 0 atom stereocenters. The first-order chi connectivity index (χ1) is 14.7. The van der Waals surface area contributed by atoms with Gasteiger partial charge in [0.05, 0.1) is 6.61 Å². The van der Waals surface area contributed by atoms with Crippen molar-refractivity contribution in [2.75, 3.05) is 12.3 Å². The summed E-state index contributed by atoms with van der Waals surface area (Å²) in [7, 11) is 0. The SMILES string of the molecule is CCOC(=O)c1c(C)cc(O)cc1O.Nc1ccc(C(=O)Oc2ccccc2)c(O)c1. The lowest BCUT2D eigenvalue weighted by molar-refractivity contribution is 0.0521. The van der Waals surface area contributed by atoms with Crippen molar-refractivity contribution in [2.24, 2.45) is 0 Å². The maximum absolute atomic E-state index is 11.7. The van der Waals surface area contributed by atoms with Crippen LogP contribution in [0.25, 0.3) is 0 Å². The van der Waals surface area contributed by atoms with E-state index in [4.69, 9.17) is 20.3 Å². The summed E-state index contributed by atoms with van der Waals surface area (Å²) in [6.07, 6.45) is 0. The van der Waals surface area contributed by atoms with Crippen molar-refractivity contribution in [3.8, 4) is 23.0 Å². The van der Waals surface area contributed by atoms with Gasteiger partial charge in [-0.3, -0.25) is 0 Å². The van der Waals surface area contributed by atoms with Gasteiger partial charge in [0.2, 0.25) is 0 Å². The number of hydrogen-bond donors (Lipinski definition) is 4. The molecular weight excluding hydrogens is 402 g/mol. The Labute approximate surface area is 179 Å². The Kier molecular flexibility index (Phi) is 7.85. The van der Waals surface area contributed by atoms with E-state index in [1.807, 2.05) is 6.07 Å². The quantitative estimate of drug-likeness (QED) is 0.281. The van der Waals surface area contributed by atoms with Crippen molar-refractivity contribution in [3.05, 3.63) is 77.4 Å². The lowest BCUT2D eigenvalue weighted by atomic mass is 10.1. The van der Waals surface area contributed by atoms with Gasteiger partial charge >= 0.3 is 11.9 Å². The lowest BCUT2D eigenvalue weighted by Gasteiger charge is -2.07. The van der Waals surface area contributed by atoms with E-state index in [1.165, 1.54) is 24.3 Å². The molecule has 0 aliphatic carbocycles. The molecule has 0 saturated carbocycles. The van der Waals surface area contributed by atoms with Gasteiger partial charge in [0.15, 0.2) is 0 Å². The largest absolute Gasteiger partial charge is 0.508 e. The summed E-state index contributed by atoms with van der Waals surface area (Å²) in [5, 5.41) is 28.1. The van der Waals surface area contributed by atoms with Crippen molar-refractivity contribution >= 4 is 17.6 Å². The van der Waals surface area contributed by atoms with Crippen LogP contribution >= 0.6 is 0 Å². The van der Waals surface area contributed by atoms with E-state index in [9.17, 15) is 19.8 Å². The van der Waals surface area contributed by atoms with E-state index in [2.05, 4.69) is 0 Å². The average Bonchev–Trinajstić information content (AvgIpc) is 2.68. The summed E-state index contributed by atoms with van der Waals surface area (Å²) in [6, 6.07) is 15.4. The van der Waals surface area contributed by atoms with Gasteiger partial charge in [-0.2, -0.15) is 0 Å². The molecule has 0 unspecified atom stereocenters. The van der Waals surface area contributed by atoms with Crippen LogP contribution in [0.3, 0.4) is 0 Å². The molecule has 3 rings (SSSR count). The smallest absolute Gasteiger partial charge is 0.347 e. The number of phenols is 3. The molecule has 8 heteroatoms. The Morgan fingerprint density at radius 2 is 1.58 bits per heavy atom. The maximum Gasteiger partial charge on any atom is 0.347 e. The van der Waals surface area contributed by atoms with Gasteiger partial charge in [0.25, 0.3) is 0 Å². The molecule has 0 bridgehead atoms. The van der Waals surface area contributed by atoms with Gasteiger partial charge in [-0.25, -0.2) is 9.59 Å². The summed E-state index contributed by atoms with van der Waals surface area (Å²) in [6.45, 7) is 3.55. The average molecular weight is 425 g/mol. The first-order valence-corrected chi connectivity index (χ1v) is 9.28. The van der Waals surface area contributed by atoms with Crippen LogP contribution in [0.4, 0.5) is 5.69 Å². The molecule has 0 heterocycles. The van der Waals surface area contributed by atoms with Crippen LogP contribution in [0.2, 0.25) is 0 Å². The second-order valence-electron chi connectivity index (χ2n) is 6.36. The number of ether oxygens (including phenoxy) is 2. The van der Waals surface area contributed by atoms with Gasteiger partial charge < -0.3 is 30.5 Å². The Balaban J connectivity index is 0.000000225. The number of aryl methyl sites for hydroxylation is 1. The molecule has 0 fully saturated rings. The molecule has 0 aliphatic rings. The molecule has 0 radical (unpaired) electrons. The zero-order valence-corrected chi connectivity index (χ0v) is 17.0. The highest BCUT2D eigenvalue weighted by atomic mass is 16.5. The van der Waals surface area contributed by atoms with Gasteiger partial charge in [-0.15, -0.1) is 0 Å². The van der Waals surface area contributed by atoms with Crippen LogP contribution in [0, 0.1) is 6.92 Å². The van der Waals surface area contributed by atoms with Crippen LogP contribution in [0.1, 0.15) is 33.2 Å². The molecule has 0 spiro atoms. The second-order valence-corrected chi connectivity index (χ2v) is 6.36. The minimum atomic E-state index is -0.617. The number of hydrogen-bond acceptors (Lipinski definition) is 8. The standard InChI is InChI=1S/C13H11NO3.C10H12O4/c14-9-6-7-11(12(15)8-9)13(16)17-10-4-2-1-3-5-10;1-3-14-10(13)9-6(2)4-7(11)5-8(9)12/h1-8,15H,14H2;4-5,11-12H,3H2,1-2H3. The zero-order chi connectivity index (χ0) is 23.0. The number of carbonyl (C=O) groups excluding carboxylic acids is 2. The topological polar surface area (TPSA) is 139 Å². The number of nitrogens with two attached hydrogens (primary N) is 1. The molecule has 0 saturated heterocycles. The number of anilines is 1. The molecule has 8 nitrogen and oxygen atoms in total. The third-order valence-corrected chi connectivity index (χ3v) is 3.97. The summed E-state index contributed by atoms with van der Waals surface area (Å²) < 4.78 is 9.83. The number of benzene rings is 3. The third kappa shape index (κ3) is 6.40. The van der Waals surface area contributed by atoms with Gasteiger partial charge in [0, 0.05) is 17.8 Å². The number of carbonyl (C=O) groups is 2. The monoisotopic (exact) mass is 425 g/mol. The van der Waals surface area contributed by atoms with Gasteiger partial charge in [-0.1, -0.05) is 18.2 Å². The lowest BCUT2D eigenvalue weighted by Crippen LogP contribution is -2.08. The number of esters is 2. The number of nitrogen functional groups attached to an aromatic ring is 1. The van der Waals surface area contributed by atoms with Crippen LogP contribution in [-0.2, 0) is 4.74 Å². The number of phenolic OH excluding ortho intramolecular Hbond substituents is 3. The second kappa shape index (κ2) is 10.5. The molecule has 3 aromatic rings. The Morgan fingerprint density at radius 3 is 2.16 bits per heavy atom. The van der Waals surface area contributed by atoms with Crippen molar-refractivity contribution in [2.45, 2.75) is 13.8 Å². The van der Waals surface area contributed by atoms with Crippen molar-refractivity contribution in [1.29, 1.82) is 0 Å². The molecule has 31 heavy (non-hydrogen) atoms. The fourth-order valence-corrected chi connectivity index (χ4v) is 2.59. The van der Waals surface area contributed by atoms with Gasteiger partial charge in [0.1, 0.15) is 34.1 Å². The minimum Gasteiger partial charge on any atom is -0.508 e. The first kappa shape index (κ1) is 23.1. The maximum atomic E-state index is 11.7. The predicted molar refractivity (Wildman–Crippen MR) is 114 cm³/mol. The fraction of sp³-hybridized carbons (Fsp3) is 0.130. The van der Waals surface area contributed by atoms with E-state index in [-0.39, 0.29) is 35.0 Å². The Hall–Kier alpha value is -4.20. The summed E-state index contributed by atoms with van der Waals surface area (Å²) >= 11 is 0. The van der Waals surface area contributed by atoms with E-state index in [0.29, 0.717) is 17.0 Å². The summed E-state index contributed by atoms with van der Waals surface area (Å²) in [4.78, 5) is 23.1. The number of rotatable bonds is 4. The van der Waals surface area contributed by atoms with Crippen molar-refractivity contribution in [1.82, 2.24) is 0 Å². The van der Waals surface area contributed by atoms with E-state index >= 15 is 0 Å². The number of aromatic hydroxyl groups is 3. The van der Waals surface area contributed by atoms with Gasteiger partial charge in [-0.05, 0) is 49.7 Å². The van der Waals surface area contributed by atoms with Crippen LogP contribution in [0.5, 0.6) is 23.0 Å². The molecule has 3 aromatic carbocycles. The van der Waals surface area contributed by atoms with E-state index in [1.54, 1.807) is 38.1 Å². The summed E-state index contributed by atoms with van der Waals surface area (Å²) in [5.74, 6) is -1.30. The highest BCUT2D eigenvalue weighted by Crippen LogP contribution is 2.27. The molecule has 0 aliphatic heterocycles.